The summed E-state index contributed by atoms with van der Waals surface area (Å²) in [6.45, 7) is 2.79. The van der Waals surface area contributed by atoms with Crippen LogP contribution in [0, 0.1) is 0 Å². The van der Waals surface area contributed by atoms with Crippen LogP contribution in [0.3, 0.4) is 0 Å². The molecule has 10 heteroatoms. The number of nitrogens with one attached hydrogen (secondary N) is 1. The first-order chi connectivity index (χ1) is 16.1. The number of rotatable bonds is 8. The molecule has 176 valence electrons. The minimum Gasteiger partial charge on any atom is -0.465 e. The predicted molar refractivity (Wildman–Crippen MR) is 134 cm³/mol. The van der Waals surface area contributed by atoms with Crippen LogP contribution in [0.25, 0.3) is 0 Å². The van der Waals surface area contributed by atoms with Crippen molar-refractivity contribution in [3.05, 3.63) is 44.2 Å². The average molecular weight is 505 g/mol. The van der Waals surface area contributed by atoms with E-state index in [2.05, 4.69) is 33.9 Å². The van der Waals surface area contributed by atoms with Gasteiger partial charge in [-0.2, -0.15) is 0 Å². The lowest BCUT2D eigenvalue weighted by Crippen LogP contribution is -2.17. The van der Waals surface area contributed by atoms with Crippen molar-refractivity contribution in [1.82, 2.24) is 14.8 Å². The molecule has 0 atom stereocenters. The molecule has 0 saturated carbocycles. The van der Waals surface area contributed by atoms with Crippen molar-refractivity contribution in [2.75, 3.05) is 18.2 Å². The monoisotopic (exact) mass is 504 g/mol. The lowest BCUT2D eigenvalue weighted by atomic mass is 9.96. The zero-order chi connectivity index (χ0) is 23.2. The van der Waals surface area contributed by atoms with Gasteiger partial charge in [-0.3, -0.25) is 4.79 Å². The van der Waals surface area contributed by atoms with Crippen LogP contribution in [0.15, 0.2) is 22.7 Å². The Morgan fingerprint density at radius 1 is 1.21 bits per heavy atom. The van der Waals surface area contributed by atoms with E-state index in [-0.39, 0.29) is 17.6 Å². The second kappa shape index (κ2) is 11.3. The number of amides is 1. The van der Waals surface area contributed by atoms with Crippen LogP contribution in [0.5, 0.6) is 0 Å². The van der Waals surface area contributed by atoms with Gasteiger partial charge in [-0.05, 0) is 49.6 Å². The largest absolute Gasteiger partial charge is 0.465 e. The predicted octanol–water partition coefficient (Wildman–Crippen LogP) is 5.19. The van der Waals surface area contributed by atoms with Crippen LogP contribution in [0.1, 0.15) is 64.1 Å². The normalized spacial score (nSPS) is 13.8. The van der Waals surface area contributed by atoms with Crippen molar-refractivity contribution in [3.8, 4) is 0 Å². The summed E-state index contributed by atoms with van der Waals surface area (Å²) in [6.07, 6.45) is 7.06. The van der Waals surface area contributed by atoms with E-state index in [0.717, 1.165) is 55.2 Å². The molecule has 3 heterocycles. The first-order valence-electron chi connectivity index (χ1n) is 11.2. The van der Waals surface area contributed by atoms with Gasteiger partial charge >= 0.3 is 5.97 Å². The number of ether oxygens (including phenoxy) is 1. The van der Waals surface area contributed by atoms with Crippen LogP contribution in [-0.2, 0) is 35.3 Å². The third-order valence-corrected chi connectivity index (χ3v) is 8.72. The summed E-state index contributed by atoms with van der Waals surface area (Å²) >= 11 is 4.58. The molecule has 4 rings (SSSR count). The number of esters is 1. The second-order valence-corrected chi connectivity index (χ2v) is 10.9. The van der Waals surface area contributed by atoms with E-state index in [1.54, 1.807) is 11.3 Å². The number of anilines is 1. The maximum absolute atomic E-state index is 12.8. The number of carbonyl (C=O) groups excluding carboxylic acids is 2. The number of methoxy groups -OCH3 is 1. The molecule has 0 spiro atoms. The molecule has 0 aromatic carbocycles. The van der Waals surface area contributed by atoms with Crippen molar-refractivity contribution in [1.29, 1.82) is 0 Å². The number of aryl methyl sites for hydroxylation is 1. The zero-order valence-corrected chi connectivity index (χ0v) is 21.3. The van der Waals surface area contributed by atoms with Crippen molar-refractivity contribution in [2.45, 2.75) is 63.6 Å². The first-order valence-corrected chi connectivity index (χ1v) is 13.9. The Bertz CT molecular complexity index is 1100. The van der Waals surface area contributed by atoms with Crippen LogP contribution < -0.4 is 5.32 Å². The molecule has 33 heavy (non-hydrogen) atoms. The van der Waals surface area contributed by atoms with E-state index in [1.807, 2.05) is 10.6 Å². The van der Waals surface area contributed by atoms with Gasteiger partial charge < -0.3 is 14.6 Å². The third kappa shape index (κ3) is 5.67. The highest BCUT2D eigenvalue weighted by Crippen LogP contribution is 2.37. The molecular weight excluding hydrogens is 476 g/mol. The van der Waals surface area contributed by atoms with Gasteiger partial charge in [0.05, 0.1) is 18.4 Å². The molecule has 1 aliphatic carbocycles. The molecule has 7 nitrogen and oxygen atoms in total. The van der Waals surface area contributed by atoms with Crippen molar-refractivity contribution >= 4 is 51.3 Å². The van der Waals surface area contributed by atoms with E-state index >= 15 is 0 Å². The SMILES string of the molecule is CCn1c(Cc2cccs2)nnc1SCC(=O)Nc1sc2c(c1C(=O)OC)CCCCCC2. The Morgan fingerprint density at radius 3 is 2.76 bits per heavy atom. The molecule has 0 saturated heterocycles. The van der Waals surface area contributed by atoms with Gasteiger partial charge in [0.1, 0.15) is 10.8 Å². The minimum atomic E-state index is -0.375. The fourth-order valence-electron chi connectivity index (χ4n) is 4.06. The fraction of sp³-hybridized carbons (Fsp3) is 0.478. The van der Waals surface area contributed by atoms with Gasteiger partial charge in [-0.1, -0.05) is 30.7 Å². The molecule has 0 fully saturated rings. The van der Waals surface area contributed by atoms with E-state index < -0.39 is 0 Å². The highest BCUT2D eigenvalue weighted by molar-refractivity contribution is 7.99. The average Bonchev–Trinajstić information content (AvgIpc) is 3.52. The lowest BCUT2D eigenvalue weighted by molar-refractivity contribution is -0.113. The van der Waals surface area contributed by atoms with Gasteiger partial charge in [0.2, 0.25) is 5.91 Å². The Morgan fingerprint density at radius 2 is 2.03 bits per heavy atom. The van der Waals surface area contributed by atoms with Gasteiger partial charge in [0.15, 0.2) is 5.16 Å². The summed E-state index contributed by atoms with van der Waals surface area (Å²) in [7, 11) is 1.39. The van der Waals surface area contributed by atoms with E-state index in [4.69, 9.17) is 4.74 Å². The highest BCUT2D eigenvalue weighted by Gasteiger charge is 2.26. The first kappa shape index (κ1) is 24.0. The van der Waals surface area contributed by atoms with Gasteiger partial charge in [-0.15, -0.1) is 32.9 Å². The Kier molecular flexibility index (Phi) is 8.21. The Labute approximate surface area is 206 Å². The Balaban J connectivity index is 1.45. The topological polar surface area (TPSA) is 86.1 Å². The number of carbonyl (C=O) groups is 2. The quantitative estimate of drug-likeness (QED) is 0.336. The molecule has 1 amide bonds. The van der Waals surface area contributed by atoms with Crippen LogP contribution in [0.4, 0.5) is 5.00 Å². The van der Waals surface area contributed by atoms with E-state index in [0.29, 0.717) is 10.6 Å². The number of aromatic nitrogens is 3. The highest BCUT2D eigenvalue weighted by atomic mass is 32.2. The zero-order valence-electron chi connectivity index (χ0n) is 18.9. The van der Waals surface area contributed by atoms with Gasteiger partial charge in [-0.25, -0.2) is 4.79 Å². The molecule has 0 bridgehead atoms. The van der Waals surface area contributed by atoms with Gasteiger partial charge in [0.25, 0.3) is 0 Å². The molecule has 0 aliphatic heterocycles. The molecular formula is C23H28N4O3S3. The van der Waals surface area contributed by atoms with Crippen molar-refractivity contribution < 1.29 is 14.3 Å². The number of hydrogen-bond donors (Lipinski definition) is 1. The number of fused-ring (bicyclic) bond motifs is 1. The van der Waals surface area contributed by atoms with Crippen molar-refractivity contribution in [2.24, 2.45) is 0 Å². The van der Waals surface area contributed by atoms with E-state index in [9.17, 15) is 9.59 Å². The summed E-state index contributed by atoms with van der Waals surface area (Å²) in [5.74, 6) is 0.555. The lowest BCUT2D eigenvalue weighted by Gasteiger charge is -2.11. The minimum absolute atomic E-state index is 0.162. The van der Waals surface area contributed by atoms with E-state index in [1.165, 1.54) is 52.8 Å². The molecule has 1 N–H and O–H groups in total. The molecule has 3 aromatic heterocycles. The maximum atomic E-state index is 12.8. The van der Waals surface area contributed by atoms with Crippen LogP contribution in [-0.4, -0.2) is 39.5 Å². The number of nitrogens with zero attached hydrogens (tertiary/aromatic N) is 3. The van der Waals surface area contributed by atoms with Crippen molar-refractivity contribution in [3.63, 3.8) is 0 Å². The summed E-state index contributed by atoms with van der Waals surface area (Å²) in [6, 6.07) is 4.12. The summed E-state index contributed by atoms with van der Waals surface area (Å²) in [5.41, 5.74) is 1.59. The molecule has 0 unspecified atom stereocenters. The van der Waals surface area contributed by atoms with Crippen LogP contribution in [0.2, 0.25) is 0 Å². The molecule has 0 radical (unpaired) electrons. The fourth-order valence-corrected chi connectivity index (χ4v) is 6.88. The smallest absolute Gasteiger partial charge is 0.341 e. The van der Waals surface area contributed by atoms with Gasteiger partial charge in [0, 0.05) is 22.7 Å². The summed E-state index contributed by atoms with van der Waals surface area (Å²) < 4.78 is 7.10. The molecule has 3 aromatic rings. The number of thioether (sulfide) groups is 1. The standard InChI is InChI=1S/C23H28N4O3S3/c1-3-27-18(13-15-9-8-12-31-15)25-26-23(27)32-14-19(28)24-21-20(22(29)30-2)16-10-6-4-5-7-11-17(16)33-21/h8-9,12H,3-7,10-11,13-14H2,1-2H3,(H,24,28). The third-order valence-electron chi connectivity index (χ3n) is 5.67. The summed E-state index contributed by atoms with van der Waals surface area (Å²) in [4.78, 5) is 27.8. The summed E-state index contributed by atoms with van der Waals surface area (Å²) in [5, 5.41) is 15.0. The Hall–Kier alpha value is -2.17. The maximum Gasteiger partial charge on any atom is 0.341 e. The second-order valence-electron chi connectivity index (χ2n) is 7.85. The number of hydrogen-bond acceptors (Lipinski definition) is 8. The number of thiophene rings is 2. The molecule has 1 aliphatic rings. The van der Waals surface area contributed by atoms with Crippen LogP contribution >= 0.6 is 34.4 Å².